The highest BCUT2D eigenvalue weighted by Gasteiger charge is 2.27. The molecule has 2 aliphatic rings. The third-order valence-electron chi connectivity index (χ3n) is 4.09. The highest BCUT2D eigenvalue weighted by Crippen LogP contribution is 2.23. The van der Waals surface area contributed by atoms with Crippen molar-refractivity contribution in [2.24, 2.45) is 0 Å². The number of carbonyl (C=O) groups is 1. The third kappa shape index (κ3) is 6.47. The second kappa shape index (κ2) is 7.73. The molecule has 2 atom stereocenters. The standard InChI is InChI=1S/C16H30N2O2S/c1-16(2,3)20-15(19)18-14-6-4-5-13(11-14)17-12-7-9-21-10-8-12/h12-14,17H,4-11H2,1-3H3,(H,18,19)/t13-,14+/m0/s1. The molecule has 0 spiro atoms. The summed E-state index contributed by atoms with van der Waals surface area (Å²) < 4.78 is 5.35. The Bertz CT molecular complexity index is 338. The molecule has 5 heteroatoms. The minimum atomic E-state index is -0.420. The zero-order valence-corrected chi connectivity index (χ0v) is 14.4. The predicted octanol–water partition coefficient (Wildman–Crippen LogP) is 3.31. The monoisotopic (exact) mass is 314 g/mol. The van der Waals surface area contributed by atoms with Gasteiger partial charge in [0, 0.05) is 18.1 Å². The van der Waals surface area contributed by atoms with Crippen molar-refractivity contribution in [3.8, 4) is 0 Å². The average Bonchev–Trinajstić information content (AvgIpc) is 2.38. The summed E-state index contributed by atoms with van der Waals surface area (Å²) >= 11 is 2.06. The summed E-state index contributed by atoms with van der Waals surface area (Å²) in [6.45, 7) is 5.71. The van der Waals surface area contributed by atoms with Crippen molar-refractivity contribution >= 4 is 17.9 Å². The van der Waals surface area contributed by atoms with E-state index in [2.05, 4.69) is 22.4 Å². The number of carbonyl (C=O) groups excluding carboxylic acids is 1. The molecule has 2 fully saturated rings. The van der Waals surface area contributed by atoms with E-state index in [1.54, 1.807) is 0 Å². The molecule has 1 aliphatic carbocycles. The van der Waals surface area contributed by atoms with Crippen molar-refractivity contribution in [1.82, 2.24) is 10.6 Å². The summed E-state index contributed by atoms with van der Waals surface area (Å²) in [5.41, 5.74) is -0.420. The molecule has 1 saturated heterocycles. The van der Waals surface area contributed by atoms with Crippen LogP contribution in [0, 0.1) is 0 Å². The van der Waals surface area contributed by atoms with Crippen LogP contribution in [0.3, 0.4) is 0 Å². The van der Waals surface area contributed by atoms with Crippen LogP contribution >= 0.6 is 11.8 Å². The van der Waals surface area contributed by atoms with E-state index < -0.39 is 5.60 Å². The van der Waals surface area contributed by atoms with Crippen LogP contribution in [-0.4, -0.2) is 41.3 Å². The van der Waals surface area contributed by atoms with Gasteiger partial charge in [0.25, 0.3) is 0 Å². The molecule has 2 rings (SSSR count). The topological polar surface area (TPSA) is 50.4 Å². The third-order valence-corrected chi connectivity index (χ3v) is 5.14. The van der Waals surface area contributed by atoms with Crippen molar-refractivity contribution in [1.29, 1.82) is 0 Å². The van der Waals surface area contributed by atoms with Gasteiger partial charge in [-0.15, -0.1) is 0 Å². The molecule has 1 aliphatic heterocycles. The first-order valence-electron chi connectivity index (χ1n) is 8.26. The van der Waals surface area contributed by atoms with E-state index in [9.17, 15) is 4.79 Å². The van der Waals surface area contributed by atoms with Crippen molar-refractivity contribution in [2.45, 2.75) is 83.0 Å². The average molecular weight is 314 g/mol. The maximum absolute atomic E-state index is 11.9. The fraction of sp³-hybridized carbons (Fsp3) is 0.938. The number of hydrogen-bond donors (Lipinski definition) is 2. The first-order chi connectivity index (χ1) is 9.92. The first kappa shape index (κ1) is 16.9. The molecule has 0 radical (unpaired) electrons. The molecule has 122 valence electrons. The zero-order valence-electron chi connectivity index (χ0n) is 13.6. The van der Waals surface area contributed by atoms with Gasteiger partial charge < -0.3 is 15.4 Å². The summed E-state index contributed by atoms with van der Waals surface area (Å²) in [5.74, 6) is 2.56. The maximum atomic E-state index is 11.9. The van der Waals surface area contributed by atoms with Crippen molar-refractivity contribution in [2.75, 3.05) is 11.5 Å². The summed E-state index contributed by atoms with van der Waals surface area (Å²) in [6, 6.07) is 1.48. The molecule has 21 heavy (non-hydrogen) atoms. The van der Waals surface area contributed by atoms with Gasteiger partial charge in [0.2, 0.25) is 0 Å². The molecule has 0 unspecified atom stereocenters. The van der Waals surface area contributed by atoms with E-state index in [1.165, 1.54) is 37.2 Å². The highest BCUT2D eigenvalue weighted by molar-refractivity contribution is 7.99. The van der Waals surface area contributed by atoms with Crippen LogP contribution in [0.2, 0.25) is 0 Å². The Labute approximate surface area is 133 Å². The highest BCUT2D eigenvalue weighted by atomic mass is 32.2. The minimum absolute atomic E-state index is 0.254. The summed E-state index contributed by atoms with van der Waals surface area (Å²) in [7, 11) is 0. The van der Waals surface area contributed by atoms with Crippen LogP contribution in [0.5, 0.6) is 0 Å². The van der Waals surface area contributed by atoms with Crippen LogP contribution in [0.1, 0.15) is 59.3 Å². The summed E-state index contributed by atoms with van der Waals surface area (Å²) in [4.78, 5) is 11.9. The number of ether oxygens (including phenoxy) is 1. The van der Waals surface area contributed by atoms with Gasteiger partial charge in [-0.05, 0) is 70.8 Å². The Morgan fingerprint density at radius 2 is 1.71 bits per heavy atom. The SMILES string of the molecule is CC(C)(C)OC(=O)N[C@@H]1CCC[C@H](NC2CCSCC2)C1. The van der Waals surface area contributed by atoms with E-state index >= 15 is 0 Å². The molecule has 0 aromatic carbocycles. The molecular formula is C16H30N2O2S. The van der Waals surface area contributed by atoms with Gasteiger partial charge in [0.1, 0.15) is 5.60 Å². The normalized spacial score (nSPS) is 28.1. The van der Waals surface area contributed by atoms with Crippen LogP contribution in [-0.2, 0) is 4.74 Å². The summed E-state index contributed by atoms with van der Waals surface area (Å²) in [5, 5.41) is 6.84. The quantitative estimate of drug-likeness (QED) is 0.839. The molecule has 0 aromatic rings. The molecule has 2 N–H and O–H groups in total. The Kier molecular flexibility index (Phi) is 6.23. The Morgan fingerprint density at radius 1 is 1.05 bits per heavy atom. The van der Waals surface area contributed by atoms with Crippen molar-refractivity contribution in [3.05, 3.63) is 0 Å². The molecule has 1 amide bonds. The van der Waals surface area contributed by atoms with Crippen LogP contribution in [0.25, 0.3) is 0 Å². The molecule has 1 heterocycles. The molecule has 0 aromatic heterocycles. The molecule has 4 nitrogen and oxygen atoms in total. The number of alkyl carbamates (subject to hydrolysis) is 1. The number of rotatable bonds is 3. The summed E-state index contributed by atoms with van der Waals surface area (Å²) in [6.07, 6.45) is 6.80. The zero-order chi connectivity index (χ0) is 15.3. The lowest BCUT2D eigenvalue weighted by Gasteiger charge is -2.34. The van der Waals surface area contributed by atoms with Crippen LogP contribution in [0.4, 0.5) is 4.79 Å². The van der Waals surface area contributed by atoms with E-state index in [4.69, 9.17) is 4.74 Å². The van der Waals surface area contributed by atoms with Gasteiger partial charge in [0.15, 0.2) is 0 Å². The number of amides is 1. The lowest BCUT2D eigenvalue weighted by atomic mass is 9.90. The lowest BCUT2D eigenvalue weighted by molar-refractivity contribution is 0.0488. The Morgan fingerprint density at radius 3 is 2.38 bits per heavy atom. The van der Waals surface area contributed by atoms with Gasteiger partial charge in [0.05, 0.1) is 0 Å². The van der Waals surface area contributed by atoms with E-state index in [0.717, 1.165) is 12.8 Å². The Hall–Kier alpha value is -0.420. The van der Waals surface area contributed by atoms with Gasteiger partial charge in [-0.3, -0.25) is 0 Å². The second-order valence-corrected chi connectivity index (χ2v) is 8.48. The first-order valence-corrected chi connectivity index (χ1v) is 9.41. The molecule has 0 bridgehead atoms. The smallest absolute Gasteiger partial charge is 0.407 e. The van der Waals surface area contributed by atoms with Gasteiger partial charge in [-0.1, -0.05) is 0 Å². The van der Waals surface area contributed by atoms with Gasteiger partial charge >= 0.3 is 6.09 Å². The fourth-order valence-corrected chi connectivity index (χ4v) is 4.25. The predicted molar refractivity (Wildman–Crippen MR) is 88.9 cm³/mol. The Balaban J connectivity index is 1.73. The second-order valence-electron chi connectivity index (χ2n) is 7.26. The van der Waals surface area contributed by atoms with Crippen molar-refractivity contribution < 1.29 is 9.53 Å². The van der Waals surface area contributed by atoms with Crippen molar-refractivity contribution in [3.63, 3.8) is 0 Å². The van der Waals surface area contributed by atoms with E-state index in [0.29, 0.717) is 12.1 Å². The van der Waals surface area contributed by atoms with E-state index in [1.807, 2.05) is 20.8 Å². The minimum Gasteiger partial charge on any atom is -0.444 e. The van der Waals surface area contributed by atoms with Gasteiger partial charge in [-0.25, -0.2) is 4.79 Å². The lowest BCUT2D eigenvalue weighted by Crippen LogP contribution is -2.48. The number of thioether (sulfide) groups is 1. The van der Waals surface area contributed by atoms with E-state index in [-0.39, 0.29) is 12.1 Å². The van der Waals surface area contributed by atoms with Crippen LogP contribution < -0.4 is 10.6 Å². The largest absolute Gasteiger partial charge is 0.444 e. The maximum Gasteiger partial charge on any atom is 0.407 e. The molecule has 1 saturated carbocycles. The molecular weight excluding hydrogens is 284 g/mol. The number of nitrogens with one attached hydrogen (secondary N) is 2. The number of hydrogen-bond acceptors (Lipinski definition) is 4. The van der Waals surface area contributed by atoms with Crippen LogP contribution in [0.15, 0.2) is 0 Å². The van der Waals surface area contributed by atoms with Gasteiger partial charge in [-0.2, -0.15) is 11.8 Å². The fourth-order valence-electron chi connectivity index (χ4n) is 3.14.